The van der Waals surface area contributed by atoms with Crippen molar-refractivity contribution in [3.8, 4) is 0 Å². The van der Waals surface area contributed by atoms with Gasteiger partial charge in [0, 0.05) is 43.1 Å². The van der Waals surface area contributed by atoms with Crippen LogP contribution in [0.5, 0.6) is 0 Å². The number of methoxy groups -OCH3 is 1. The molecular formula is C26H32N2O4S. The van der Waals surface area contributed by atoms with Crippen molar-refractivity contribution in [3.05, 3.63) is 52.3 Å². The van der Waals surface area contributed by atoms with Crippen LogP contribution in [0.2, 0.25) is 0 Å². The van der Waals surface area contributed by atoms with E-state index < -0.39 is 0 Å². The first kappa shape index (κ1) is 23.6. The fourth-order valence-electron chi connectivity index (χ4n) is 4.87. The Morgan fingerprint density at radius 3 is 2.76 bits per heavy atom. The Hall–Kier alpha value is -2.51. The second-order valence-corrected chi connectivity index (χ2v) is 9.89. The summed E-state index contributed by atoms with van der Waals surface area (Å²) in [6.07, 6.45) is 4.66. The number of ether oxygens (including phenoxy) is 2. The van der Waals surface area contributed by atoms with E-state index in [9.17, 15) is 9.59 Å². The minimum atomic E-state index is -0.277. The summed E-state index contributed by atoms with van der Waals surface area (Å²) in [6.45, 7) is 5.19. The maximum Gasteiger partial charge on any atom is 0.310 e. The molecular weight excluding hydrogens is 436 g/mol. The van der Waals surface area contributed by atoms with Crippen LogP contribution in [0.1, 0.15) is 64.8 Å². The zero-order chi connectivity index (χ0) is 23.4. The monoisotopic (exact) mass is 468 g/mol. The average molecular weight is 469 g/mol. The van der Waals surface area contributed by atoms with Gasteiger partial charge in [0.1, 0.15) is 0 Å². The van der Waals surface area contributed by atoms with Crippen molar-refractivity contribution in [2.75, 3.05) is 20.3 Å². The maximum absolute atomic E-state index is 13.0. The van der Waals surface area contributed by atoms with E-state index in [4.69, 9.17) is 14.5 Å². The Morgan fingerprint density at radius 1 is 1.18 bits per heavy atom. The van der Waals surface area contributed by atoms with Crippen molar-refractivity contribution >= 4 is 33.3 Å². The predicted molar refractivity (Wildman–Crippen MR) is 130 cm³/mol. The maximum atomic E-state index is 13.0. The van der Waals surface area contributed by atoms with Crippen LogP contribution in [0.25, 0.3) is 10.2 Å². The molecule has 1 fully saturated rings. The van der Waals surface area contributed by atoms with E-state index in [0.29, 0.717) is 12.2 Å². The first-order chi connectivity index (χ1) is 16.0. The van der Waals surface area contributed by atoms with E-state index in [0.717, 1.165) is 65.3 Å². The van der Waals surface area contributed by atoms with Gasteiger partial charge in [-0.1, -0.05) is 25.0 Å². The number of ketones is 1. The van der Waals surface area contributed by atoms with Crippen LogP contribution < -0.4 is 0 Å². The van der Waals surface area contributed by atoms with Gasteiger partial charge in [0.15, 0.2) is 6.61 Å². The van der Waals surface area contributed by atoms with Crippen LogP contribution in [0.15, 0.2) is 30.3 Å². The lowest BCUT2D eigenvalue weighted by Gasteiger charge is -2.28. The molecule has 6 nitrogen and oxygen atoms in total. The number of benzene rings is 1. The van der Waals surface area contributed by atoms with E-state index >= 15 is 0 Å². The molecule has 0 spiro atoms. The Labute approximate surface area is 198 Å². The zero-order valence-electron chi connectivity index (χ0n) is 19.6. The van der Waals surface area contributed by atoms with Crippen LogP contribution in [-0.2, 0) is 20.8 Å². The first-order valence-corrected chi connectivity index (χ1v) is 12.5. The molecule has 1 saturated carbocycles. The van der Waals surface area contributed by atoms with E-state index in [1.807, 2.05) is 38.1 Å². The van der Waals surface area contributed by atoms with E-state index in [1.165, 1.54) is 0 Å². The molecule has 1 aromatic carbocycles. The largest absolute Gasteiger partial charge is 0.457 e. The molecule has 2 heterocycles. The third-order valence-corrected chi connectivity index (χ3v) is 7.81. The summed E-state index contributed by atoms with van der Waals surface area (Å²) in [4.78, 5) is 30.7. The van der Waals surface area contributed by atoms with Gasteiger partial charge in [-0.3, -0.25) is 9.59 Å². The summed E-state index contributed by atoms with van der Waals surface area (Å²) in [5.41, 5.74) is 3.55. The summed E-state index contributed by atoms with van der Waals surface area (Å²) in [7, 11) is 1.69. The summed E-state index contributed by atoms with van der Waals surface area (Å²) in [5.74, 6) is -0.610. The standard InChI is InChI=1S/C26H32N2O4S/c1-17-15-21(18(2)28(17)13-8-14-31-3)23(29)16-32-26(30)20-10-5-4-9-19(20)25-27-22-11-6-7-12-24(22)33-25/h6-7,11-12,15,19-20H,4-5,8-10,13-14,16H2,1-3H3. The molecule has 0 bridgehead atoms. The van der Waals surface area contributed by atoms with Crippen LogP contribution in [-0.4, -0.2) is 41.6 Å². The highest BCUT2D eigenvalue weighted by atomic mass is 32.1. The molecule has 3 aromatic rings. The number of carbonyl (C=O) groups is 2. The summed E-state index contributed by atoms with van der Waals surface area (Å²) in [6, 6.07) is 9.96. The Bertz CT molecular complexity index is 1100. The number of rotatable bonds is 9. The van der Waals surface area contributed by atoms with Crippen LogP contribution in [0.3, 0.4) is 0 Å². The lowest BCUT2D eigenvalue weighted by atomic mass is 9.79. The molecule has 1 aliphatic carbocycles. The number of carbonyl (C=O) groups excluding carboxylic acids is 2. The van der Waals surface area contributed by atoms with Crippen molar-refractivity contribution in [3.63, 3.8) is 0 Å². The fourth-order valence-corrected chi connectivity index (χ4v) is 6.04. The molecule has 7 heteroatoms. The number of thiazole rings is 1. The summed E-state index contributed by atoms with van der Waals surface area (Å²) >= 11 is 1.66. The van der Waals surface area contributed by atoms with Gasteiger partial charge in [0.2, 0.25) is 5.78 Å². The van der Waals surface area contributed by atoms with Gasteiger partial charge in [-0.15, -0.1) is 11.3 Å². The second kappa shape index (κ2) is 10.6. The molecule has 0 N–H and O–H groups in total. The molecule has 33 heavy (non-hydrogen) atoms. The van der Waals surface area contributed by atoms with E-state index in [2.05, 4.69) is 10.6 Å². The van der Waals surface area contributed by atoms with Gasteiger partial charge in [0.05, 0.1) is 21.1 Å². The SMILES string of the molecule is COCCCn1c(C)cc(C(=O)COC(=O)C2CCCCC2c2nc3ccccc3s2)c1C. The highest BCUT2D eigenvalue weighted by Gasteiger charge is 2.35. The first-order valence-electron chi connectivity index (χ1n) is 11.7. The van der Waals surface area contributed by atoms with Crippen molar-refractivity contribution in [2.24, 2.45) is 5.92 Å². The van der Waals surface area contributed by atoms with Gasteiger partial charge in [-0.05, 0) is 51.3 Å². The topological polar surface area (TPSA) is 70.4 Å². The molecule has 0 aliphatic heterocycles. The third kappa shape index (κ3) is 5.20. The number of aryl methyl sites for hydroxylation is 1. The number of hydrogen-bond acceptors (Lipinski definition) is 6. The summed E-state index contributed by atoms with van der Waals surface area (Å²) in [5, 5.41) is 1.00. The van der Waals surface area contributed by atoms with Crippen LogP contribution in [0, 0.1) is 19.8 Å². The average Bonchev–Trinajstić information content (AvgIpc) is 3.38. The number of Topliss-reactive ketones (excluding diaryl/α,β-unsaturated/α-hetero) is 1. The zero-order valence-corrected chi connectivity index (χ0v) is 20.5. The molecule has 2 aromatic heterocycles. The van der Waals surface area contributed by atoms with Gasteiger partial charge in [-0.2, -0.15) is 0 Å². The van der Waals surface area contributed by atoms with Crippen molar-refractivity contribution < 1.29 is 19.1 Å². The smallest absolute Gasteiger partial charge is 0.310 e. The number of nitrogens with zero attached hydrogens (tertiary/aromatic N) is 2. The Morgan fingerprint density at radius 2 is 1.97 bits per heavy atom. The normalized spacial score (nSPS) is 18.5. The number of hydrogen-bond donors (Lipinski definition) is 0. The van der Waals surface area contributed by atoms with E-state index in [-0.39, 0.29) is 30.2 Å². The second-order valence-electron chi connectivity index (χ2n) is 8.83. The van der Waals surface area contributed by atoms with Crippen molar-refractivity contribution in [1.82, 2.24) is 9.55 Å². The Balaban J connectivity index is 1.42. The van der Waals surface area contributed by atoms with Gasteiger partial charge in [0.25, 0.3) is 0 Å². The molecule has 176 valence electrons. The van der Waals surface area contributed by atoms with Crippen molar-refractivity contribution in [2.45, 2.75) is 58.4 Å². The van der Waals surface area contributed by atoms with Gasteiger partial charge >= 0.3 is 5.97 Å². The molecule has 0 radical (unpaired) electrons. The number of aromatic nitrogens is 2. The van der Waals surface area contributed by atoms with Crippen molar-refractivity contribution in [1.29, 1.82) is 0 Å². The molecule has 2 atom stereocenters. The molecule has 2 unspecified atom stereocenters. The molecule has 0 saturated heterocycles. The lowest BCUT2D eigenvalue weighted by molar-refractivity contribution is -0.149. The van der Waals surface area contributed by atoms with Gasteiger partial charge < -0.3 is 14.0 Å². The molecule has 0 amide bonds. The lowest BCUT2D eigenvalue weighted by Crippen LogP contribution is -2.29. The minimum Gasteiger partial charge on any atom is -0.457 e. The minimum absolute atomic E-state index is 0.0598. The fraction of sp³-hybridized carbons (Fsp3) is 0.500. The third-order valence-electron chi connectivity index (χ3n) is 6.65. The van der Waals surface area contributed by atoms with E-state index in [1.54, 1.807) is 18.4 Å². The predicted octanol–water partition coefficient (Wildman–Crippen LogP) is 5.45. The van der Waals surface area contributed by atoms with Crippen LogP contribution in [0.4, 0.5) is 0 Å². The van der Waals surface area contributed by atoms with Gasteiger partial charge in [-0.25, -0.2) is 4.98 Å². The molecule has 4 rings (SSSR count). The number of para-hydroxylation sites is 1. The highest BCUT2D eigenvalue weighted by Crippen LogP contribution is 2.41. The quantitative estimate of drug-likeness (QED) is 0.237. The number of esters is 1. The number of fused-ring (bicyclic) bond motifs is 1. The van der Waals surface area contributed by atoms with Crippen LogP contribution >= 0.6 is 11.3 Å². The Kier molecular flexibility index (Phi) is 7.60. The summed E-state index contributed by atoms with van der Waals surface area (Å²) < 4.78 is 14.0. The molecule has 1 aliphatic rings. The highest BCUT2D eigenvalue weighted by molar-refractivity contribution is 7.18.